The van der Waals surface area contributed by atoms with Crippen molar-refractivity contribution >= 4 is 17.1 Å². The Bertz CT molecular complexity index is 614. The van der Waals surface area contributed by atoms with Gasteiger partial charge in [-0.15, -0.1) is 0 Å². The summed E-state index contributed by atoms with van der Waals surface area (Å²) in [4.78, 5) is 8.94. The molecule has 3 rings (SSSR count). The first-order chi connectivity index (χ1) is 9.67. The minimum Gasteiger partial charge on any atom is -0.481 e. The molecule has 0 aromatic carbocycles. The number of fused-ring (bicyclic) bond motifs is 1. The van der Waals surface area contributed by atoms with Crippen LogP contribution < -0.4 is 10.5 Å². The molecular formula is C15H22N4O. The first-order valence-electron chi connectivity index (χ1n) is 7.34. The molecule has 0 unspecified atom stereocenters. The van der Waals surface area contributed by atoms with Crippen LogP contribution in [0.2, 0.25) is 0 Å². The van der Waals surface area contributed by atoms with E-state index in [0.29, 0.717) is 17.2 Å². The molecule has 1 fully saturated rings. The van der Waals surface area contributed by atoms with Crippen LogP contribution in [-0.2, 0) is 6.54 Å². The lowest BCUT2D eigenvalue weighted by Crippen LogP contribution is -2.23. The fourth-order valence-electron chi connectivity index (χ4n) is 3.36. The lowest BCUT2D eigenvalue weighted by Gasteiger charge is -2.28. The van der Waals surface area contributed by atoms with Crippen molar-refractivity contribution in [1.82, 2.24) is 14.5 Å². The van der Waals surface area contributed by atoms with Gasteiger partial charge < -0.3 is 10.5 Å². The Balaban J connectivity index is 2.03. The van der Waals surface area contributed by atoms with Crippen molar-refractivity contribution in [2.45, 2.75) is 45.6 Å². The molecule has 2 N–H and O–H groups in total. The second-order valence-corrected chi connectivity index (χ2v) is 5.81. The molecule has 1 aliphatic carbocycles. The number of hydrogen-bond donors (Lipinski definition) is 1. The van der Waals surface area contributed by atoms with E-state index in [1.54, 1.807) is 7.11 Å². The Morgan fingerprint density at radius 3 is 2.70 bits per heavy atom. The van der Waals surface area contributed by atoms with Gasteiger partial charge in [-0.3, -0.25) is 4.57 Å². The first kappa shape index (κ1) is 13.2. The standard InChI is InChI=1S/C15H22N4O/c1-3-15(8-4-5-9-15)10-19-13-11(17-14(19)16)6-7-12(18-13)20-2/h6-7H,3-5,8-10H2,1-2H3,(H2,16,17). The molecule has 2 heterocycles. The molecule has 0 aliphatic heterocycles. The minimum atomic E-state index is 0.354. The van der Waals surface area contributed by atoms with Crippen molar-refractivity contribution < 1.29 is 4.74 Å². The van der Waals surface area contributed by atoms with E-state index in [0.717, 1.165) is 17.7 Å². The zero-order valence-electron chi connectivity index (χ0n) is 12.2. The summed E-state index contributed by atoms with van der Waals surface area (Å²) in [7, 11) is 1.63. The Morgan fingerprint density at radius 1 is 1.30 bits per heavy atom. The number of ether oxygens (including phenoxy) is 1. The van der Waals surface area contributed by atoms with E-state index in [2.05, 4.69) is 21.5 Å². The van der Waals surface area contributed by atoms with E-state index in [4.69, 9.17) is 10.5 Å². The van der Waals surface area contributed by atoms with Crippen LogP contribution in [-0.4, -0.2) is 21.6 Å². The highest BCUT2D eigenvalue weighted by atomic mass is 16.5. The lowest BCUT2D eigenvalue weighted by atomic mass is 9.83. The fourth-order valence-corrected chi connectivity index (χ4v) is 3.36. The van der Waals surface area contributed by atoms with Crippen molar-refractivity contribution in [3.05, 3.63) is 12.1 Å². The number of methoxy groups -OCH3 is 1. The number of pyridine rings is 1. The van der Waals surface area contributed by atoms with Gasteiger partial charge in [-0.1, -0.05) is 19.8 Å². The molecule has 0 saturated heterocycles. The van der Waals surface area contributed by atoms with Gasteiger partial charge in [0.15, 0.2) is 5.65 Å². The van der Waals surface area contributed by atoms with Crippen molar-refractivity contribution in [2.75, 3.05) is 12.8 Å². The van der Waals surface area contributed by atoms with Crippen LogP contribution in [0.1, 0.15) is 39.0 Å². The quantitative estimate of drug-likeness (QED) is 0.930. The minimum absolute atomic E-state index is 0.354. The number of imidazole rings is 1. The van der Waals surface area contributed by atoms with Gasteiger partial charge in [-0.05, 0) is 30.7 Å². The SMILES string of the molecule is CCC1(Cn2c(N)nc3ccc(OC)nc32)CCCC1. The largest absolute Gasteiger partial charge is 0.481 e. The van der Waals surface area contributed by atoms with E-state index in [9.17, 15) is 0 Å². The maximum atomic E-state index is 6.11. The monoisotopic (exact) mass is 274 g/mol. The molecule has 2 aromatic rings. The first-order valence-corrected chi connectivity index (χ1v) is 7.34. The van der Waals surface area contributed by atoms with E-state index in [-0.39, 0.29) is 0 Å². The summed E-state index contributed by atoms with van der Waals surface area (Å²) in [5, 5.41) is 0. The summed E-state index contributed by atoms with van der Waals surface area (Å²) >= 11 is 0. The summed E-state index contributed by atoms with van der Waals surface area (Å²) < 4.78 is 7.28. The second kappa shape index (κ2) is 4.96. The molecule has 0 amide bonds. The highest BCUT2D eigenvalue weighted by Crippen LogP contribution is 2.43. The van der Waals surface area contributed by atoms with Crippen LogP contribution in [0.5, 0.6) is 5.88 Å². The second-order valence-electron chi connectivity index (χ2n) is 5.81. The van der Waals surface area contributed by atoms with Gasteiger partial charge in [-0.25, -0.2) is 4.98 Å². The molecule has 2 aromatic heterocycles. The summed E-state index contributed by atoms with van der Waals surface area (Å²) in [5.41, 5.74) is 8.14. The van der Waals surface area contributed by atoms with E-state index in [1.807, 2.05) is 12.1 Å². The fraction of sp³-hybridized carbons (Fsp3) is 0.600. The predicted octanol–water partition coefficient (Wildman–Crippen LogP) is 2.99. The molecule has 0 radical (unpaired) electrons. The average molecular weight is 274 g/mol. The van der Waals surface area contributed by atoms with Gasteiger partial charge in [0.05, 0.1) is 7.11 Å². The Morgan fingerprint density at radius 2 is 2.05 bits per heavy atom. The Labute approximate surface area is 119 Å². The van der Waals surface area contributed by atoms with Gasteiger partial charge in [0.25, 0.3) is 0 Å². The Kier molecular flexibility index (Phi) is 3.28. The van der Waals surface area contributed by atoms with Crippen molar-refractivity contribution in [3.63, 3.8) is 0 Å². The highest BCUT2D eigenvalue weighted by molar-refractivity contribution is 5.74. The van der Waals surface area contributed by atoms with Gasteiger partial charge >= 0.3 is 0 Å². The van der Waals surface area contributed by atoms with Crippen LogP contribution in [0.3, 0.4) is 0 Å². The van der Waals surface area contributed by atoms with Crippen molar-refractivity contribution in [3.8, 4) is 5.88 Å². The van der Waals surface area contributed by atoms with E-state index < -0.39 is 0 Å². The third-order valence-corrected chi connectivity index (χ3v) is 4.71. The number of aromatic nitrogens is 3. The van der Waals surface area contributed by atoms with Gasteiger partial charge in [0, 0.05) is 12.6 Å². The summed E-state index contributed by atoms with van der Waals surface area (Å²) in [6.07, 6.45) is 6.35. The molecule has 5 heteroatoms. The van der Waals surface area contributed by atoms with Crippen molar-refractivity contribution in [1.29, 1.82) is 0 Å². The number of hydrogen-bond acceptors (Lipinski definition) is 4. The molecule has 1 saturated carbocycles. The van der Waals surface area contributed by atoms with Crippen LogP contribution >= 0.6 is 0 Å². The topological polar surface area (TPSA) is 66.0 Å². The molecule has 20 heavy (non-hydrogen) atoms. The number of rotatable bonds is 4. The number of nitrogens with zero attached hydrogens (tertiary/aromatic N) is 3. The number of nitrogen functional groups attached to an aromatic ring is 1. The molecule has 0 bridgehead atoms. The zero-order valence-corrected chi connectivity index (χ0v) is 12.2. The normalized spacial score (nSPS) is 17.7. The van der Waals surface area contributed by atoms with Crippen molar-refractivity contribution in [2.24, 2.45) is 5.41 Å². The van der Waals surface area contributed by atoms with Gasteiger partial charge in [0.2, 0.25) is 11.8 Å². The van der Waals surface area contributed by atoms with Gasteiger partial charge in [0.1, 0.15) is 5.52 Å². The van der Waals surface area contributed by atoms with Crippen LogP contribution in [0, 0.1) is 5.41 Å². The third kappa shape index (κ3) is 2.11. The summed E-state index contributed by atoms with van der Waals surface area (Å²) in [6.45, 7) is 3.18. The molecule has 0 spiro atoms. The molecule has 5 nitrogen and oxygen atoms in total. The Hall–Kier alpha value is -1.78. The summed E-state index contributed by atoms with van der Waals surface area (Å²) in [5.74, 6) is 1.16. The third-order valence-electron chi connectivity index (χ3n) is 4.71. The highest BCUT2D eigenvalue weighted by Gasteiger charge is 2.33. The maximum Gasteiger partial charge on any atom is 0.215 e. The average Bonchev–Trinajstić information content (AvgIpc) is 3.05. The van der Waals surface area contributed by atoms with Crippen LogP contribution in [0.25, 0.3) is 11.2 Å². The van der Waals surface area contributed by atoms with E-state index >= 15 is 0 Å². The van der Waals surface area contributed by atoms with Gasteiger partial charge in [-0.2, -0.15) is 4.98 Å². The lowest BCUT2D eigenvalue weighted by molar-refractivity contribution is 0.241. The molecule has 0 atom stereocenters. The number of nitrogens with two attached hydrogens (primary N) is 1. The smallest absolute Gasteiger partial charge is 0.215 e. The molecule has 1 aliphatic rings. The van der Waals surface area contributed by atoms with Crippen LogP contribution in [0.4, 0.5) is 5.95 Å². The predicted molar refractivity (Wildman–Crippen MR) is 79.7 cm³/mol. The van der Waals surface area contributed by atoms with E-state index in [1.165, 1.54) is 32.1 Å². The number of anilines is 1. The summed E-state index contributed by atoms with van der Waals surface area (Å²) in [6, 6.07) is 3.74. The molecular weight excluding hydrogens is 252 g/mol. The van der Waals surface area contributed by atoms with Crippen LogP contribution in [0.15, 0.2) is 12.1 Å². The zero-order chi connectivity index (χ0) is 14.2. The maximum absolute atomic E-state index is 6.11. The molecule has 108 valence electrons.